The van der Waals surface area contributed by atoms with Gasteiger partial charge in [-0.05, 0) is 48.4 Å². The van der Waals surface area contributed by atoms with E-state index >= 15 is 0 Å². The van der Waals surface area contributed by atoms with E-state index < -0.39 is 5.91 Å². The van der Waals surface area contributed by atoms with Gasteiger partial charge in [0.1, 0.15) is 23.1 Å². The fourth-order valence-corrected chi connectivity index (χ4v) is 3.93. The zero-order chi connectivity index (χ0) is 26.0. The van der Waals surface area contributed by atoms with Crippen LogP contribution in [0.2, 0.25) is 5.02 Å². The molecule has 3 aromatic carbocycles. The Morgan fingerprint density at radius 2 is 1.84 bits per heavy atom. The predicted octanol–water partition coefficient (Wildman–Crippen LogP) is 6.59. The van der Waals surface area contributed by atoms with Crippen LogP contribution in [0.3, 0.4) is 0 Å². The van der Waals surface area contributed by atoms with Crippen LogP contribution in [0.4, 0.5) is 0 Å². The molecule has 0 atom stereocenters. The second kappa shape index (κ2) is 12.6. The van der Waals surface area contributed by atoms with Gasteiger partial charge < -0.3 is 10.1 Å². The number of aromatic nitrogens is 2. The summed E-state index contributed by atoms with van der Waals surface area (Å²) in [5.41, 5.74) is 3.73. The fourth-order valence-electron chi connectivity index (χ4n) is 3.70. The number of hydrogen-bond acceptors (Lipinski definition) is 4. The molecule has 1 heterocycles. The smallest absolute Gasteiger partial charge is 0.262 e. The molecule has 0 fully saturated rings. The third-order valence-corrected chi connectivity index (χ3v) is 5.98. The third kappa shape index (κ3) is 6.66. The molecule has 0 aliphatic carbocycles. The van der Waals surface area contributed by atoms with E-state index in [0.717, 1.165) is 29.7 Å². The van der Waals surface area contributed by atoms with Crippen molar-refractivity contribution >= 4 is 23.6 Å². The van der Waals surface area contributed by atoms with E-state index in [2.05, 4.69) is 12.2 Å². The molecule has 0 aliphatic heterocycles. The van der Waals surface area contributed by atoms with Gasteiger partial charge in [0.2, 0.25) is 0 Å². The SMILES string of the molecule is CCCCOc1ccc(-c2nn(-c3ccccc3)cc2/C=C(/C#N)C(=O)NCc2ccccc2)cc1Cl. The Bertz CT molecular complexity index is 1420. The van der Waals surface area contributed by atoms with Crippen LogP contribution < -0.4 is 10.1 Å². The van der Waals surface area contributed by atoms with E-state index in [1.165, 1.54) is 0 Å². The molecule has 1 aromatic heterocycles. The van der Waals surface area contributed by atoms with Crippen LogP contribution >= 0.6 is 11.6 Å². The van der Waals surface area contributed by atoms with E-state index in [1.54, 1.807) is 23.0 Å². The Morgan fingerprint density at radius 1 is 1.11 bits per heavy atom. The summed E-state index contributed by atoms with van der Waals surface area (Å²) in [4.78, 5) is 12.8. The molecular formula is C30H27ClN4O2. The summed E-state index contributed by atoms with van der Waals surface area (Å²) in [6.45, 7) is 3.02. The zero-order valence-corrected chi connectivity index (χ0v) is 21.3. The highest BCUT2D eigenvalue weighted by Crippen LogP contribution is 2.33. The van der Waals surface area contributed by atoms with Gasteiger partial charge in [0.15, 0.2) is 0 Å². The van der Waals surface area contributed by atoms with Crippen molar-refractivity contribution in [2.24, 2.45) is 0 Å². The van der Waals surface area contributed by atoms with Crippen molar-refractivity contribution in [3.05, 3.63) is 107 Å². The van der Waals surface area contributed by atoms with Crippen molar-refractivity contribution in [3.8, 4) is 28.8 Å². The largest absolute Gasteiger partial charge is 0.492 e. The predicted molar refractivity (Wildman–Crippen MR) is 146 cm³/mol. The van der Waals surface area contributed by atoms with Gasteiger partial charge in [-0.25, -0.2) is 4.68 Å². The maximum absolute atomic E-state index is 12.8. The van der Waals surface area contributed by atoms with Crippen molar-refractivity contribution in [1.82, 2.24) is 15.1 Å². The summed E-state index contributed by atoms with van der Waals surface area (Å²) in [6.07, 6.45) is 5.33. The first-order valence-electron chi connectivity index (χ1n) is 12.1. The van der Waals surface area contributed by atoms with Crippen molar-refractivity contribution in [1.29, 1.82) is 5.26 Å². The van der Waals surface area contributed by atoms with Crippen molar-refractivity contribution in [3.63, 3.8) is 0 Å². The van der Waals surface area contributed by atoms with Gasteiger partial charge in [0.05, 0.1) is 17.3 Å². The molecule has 186 valence electrons. The van der Waals surface area contributed by atoms with E-state index in [4.69, 9.17) is 21.4 Å². The summed E-state index contributed by atoms with van der Waals surface area (Å²) < 4.78 is 7.50. The van der Waals surface area contributed by atoms with Crippen LogP contribution in [0, 0.1) is 11.3 Å². The molecule has 0 spiro atoms. The number of rotatable bonds is 10. The first-order chi connectivity index (χ1) is 18.1. The van der Waals surface area contributed by atoms with Crippen LogP contribution in [0.5, 0.6) is 5.75 Å². The number of para-hydroxylation sites is 1. The molecule has 1 amide bonds. The molecule has 0 aliphatic rings. The minimum atomic E-state index is -0.456. The minimum absolute atomic E-state index is 0.0181. The number of unbranched alkanes of at least 4 members (excludes halogenated alkanes) is 1. The van der Waals surface area contributed by atoms with Gasteiger partial charge in [-0.3, -0.25) is 4.79 Å². The van der Waals surface area contributed by atoms with E-state index in [-0.39, 0.29) is 5.57 Å². The van der Waals surface area contributed by atoms with Gasteiger partial charge in [-0.15, -0.1) is 0 Å². The van der Waals surface area contributed by atoms with Gasteiger partial charge in [0, 0.05) is 23.9 Å². The van der Waals surface area contributed by atoms with Crippen molar-refractivity contribution in [2.45, 2.75) is 26.3 Å². The van der Waals surface area contributed by atoms with Crippen LogP contribution in [0.15, 0.2) is 90.6 Å². The number of carbonyl (C=O) groups excluding carboxylic acids is 1. The Kier molecular flexibility index (Phi) is 8.75. The Labute approximate surface area is 221 Å². The summed E-state index contributed by atoms with van der Waals surface area (Å²) in [7, 11) is 0. The maximum Gasteiger partial charge on any atom is 0.262 e. The molecule has 0 bridgehead atoms. The zero-order valence-electron chi connectivity index (χ0n) is 20.5. The number of carbonyl (C=O) groups is 1. The third-order valence-electron chi connectivity index (χ3n) is 5.68. The lowest BCUT2D eigenvalue weighted by Gasteiger charge is -2.09. The molecular weight excluding hydrogens is 484 g/mol. The molecule has 0 radical (unpaired) electrons. The molecule has 1 N–H and O–H groups in total. The van der Waals surface area contributed by atoms with Crippen molar-refractivity contribution < 1.29 is 9.53 Å². The number of halogens is 1. The normalized spacial score (nSPS) is 11.1. The molecule has 0 unspecified atom stereocenters. The highest BCUT2D eigenvalue weighted by atomic mass is 35.5. The van der Waals surface area contributed by atoms with Crippen LogP contribution in [-0.4, -0.2) is 22.3 Å². The Hall–Kier alpha value is -4.34. The number of nitriles is 1. The van der Waals surface area contributed by atoms with Gasteiger partial charge in [0.25, 0.3) is 5.91 Å². The van der Waals surface area contributed by atoms with Gasteiger partial charge >= 0.3 is 0 Å². The second-order valence-electron chi connectivity index (χ2n) is 8.40. The number of benzene rings is 3. The molecule has 4 aromatic rings. The molecule has 4 rings (SSSR count). The quantitative estimate of drug-likeness (QED) is 0.148. The lowest BCUT2D eigenvalue weighted by Crippen LogP contribution is -2.23. The number of nitrogens with zero attached hydrogens (tertiary/aromatic N) is 3. The summed E-state index contributed by atoms with van der Waals surface area (Å²) >= 11 is 6.53. The van der Waals surface area contributed by atoms with E-state index in [0.29, 0.717) is 35.2 Å². The fraction of sp³-hybridized carbons (Fsp3) is 0.167. The van der Waals surface area contributed by atoms with Gasteiger partial charge in [-0.1, -0.05) is 73.5 Å². The number of hydrogen-bond donors (Lipinski definition) is 1. The molecule has 0 saturated heterocycles. The lowest BCUT2D eigenvalue weighted by molar-refractivity contribution is -0.117. The topological polar surface area (TPSA) is 79.9 Å². The Balaban J connectivity index is 1.67. The van der Waals surface area contributed by atoms with Crippen molar-refractivity contribution in [2.75, 3.05) is 6.61 Å². The molecule has 37 heavy (non-hydrogen) atoms. The molecule has 6 nitrogen and oxygen atoms in total. The van der Waals surface area contributed by atoms with Crippen LogP contribution in [0.1, 0.15) is 30.9 Å². The lowest BCUT2D eigenvalue weighted by atomic mass is 10.1. The average molecular weight is 511 g/mol. The highest BCUT2D eigenvalue weighted by Gasteiger charge is 2.16. The summed E-state index contributed by atoms with van der Waals surface area (Å²) in [6, 6.07) is 26.7. The standard InChI is InChI=1S/C30H27ClN4O2/c1-2-3-16-37-28-15-14-23(18-27(28)31)29-25(21-35(34-29)26-12-8-5-9-13-26)17-24(19-32)30(36)33-20-22-10-6-4-7-11-22/h4-15,17-18,21H,2-3,16,20H2,1H3,(H,33,36)/b24-17-. The Morgan fingerprint density at radius 3 is 2.51 bits per heavy atom. The molecule has 7 heteroatoms. The average Bonchev–Trinajstić information content (AvgIpc) is 3.36. The maximum atomic E-state index is 12.8. The minimum Gasteiger partial charge on any atom is -0.492 e. The first-order valence-corrected chi connectivity index (χ1v) is 12.5. The monoisotopic (exact) mass is 510 g/mol. The number of nitrogens with one attached hydrogen (secondary N) is 1. The van der Waals surface area contributed by atoms with E-state index in [1.807, 2.05) is 78.9 Å². The number of amides is 1. The summed E-state index contributed by atoms with van der Waals surface area (Å²) in [5.74, 6) is 0.152. The van der Waals surface area contributed by atoms with Gasteiger partial charge in [-0.2, -0.15) is 10.4 Å². The first kappa shape index (κ1) is 25.7. The van der Waals surface area contributed by atoms with E-state index in [9.17, 15) is 10.1 Å². The summed E-state index contributed by atoms with van der Waals surface area (Å²) in [5, 5.41) is 17.8. The molecule has 0 saturated carbocycles. The number of ether oxygens (including phenoxy) is 1. The van der Waals surface area contributed by atoms with Crippen LogP contribution in [0.25, 0.3) is 23.0 Å². The van der Waals surface area contributed by atoms with Crippen LogP contribution in [-0.2, 0) is 11.3 Å². The second-order valence-corrected chi connectivity index (χ2v) is 8.81. The highest BCUT2D eigenvalue weighted by molar-refractivity contribution is 6.32.